The summed E-state index contributed by atoms with van der Waals surface area (Å²) in [4.78, 5) is 3.96. The molecule has 0 aromatic carbocycles. The molecule has 2 rings (SSSR count). The molecule has 0 radical (unpaired) electrons. The molecule has 0 atom stereocenters. The van der Waals surface area contributed by atoms with Crippen LogP contribution in [0.1, 0.15) is 18.7 Å². The van der Waals surface area contributed by atoms with Gasteiger partial charge in [-0.25, -0.2) is 4.98 Å². The number of rotatable bonds is 3. The smallest absolute Gasteiger partial charge is 0.211 e. The van der Waals surface area contributed by atoms with Crippen LogP contribution in [0.3, 0.4) is 0 Å². The van der Waals surface area contributed by atoms with Gasteiger partial charge in [-0.3, -0.25) is 0 Å². The summed E-state index contributed by atoms with van der Waals surface area (Å²) in [6, 6.07) is 0.683. The van der Waals surface area contributed by atoms with Crippen LogP contribution in [0.25, 0.3) is 0 Å². The first-order valence-corrected chi connectivity index (χ1v) is 3.78. The molecular weight excluding hydrogens is 142 g/mol. The number of hydrogen-bond acceptors (Lipinski definition) is 4. The number of aromatic nitrogens is 1. The predicted octanol–water partition coefficient (Wildman–Crippen LogP) is 0.509. The molecule has 1 fully saturated rings. The van der Waals surface area contributed by atoms with E-state index in [2.05, 4.69) is 10.3 Å². The van der Waals surface area contributed by atoms with E-state index in [0.717, 1.165) is 0 Å². The fraction of sp³-hybridized carbons (Fsp3) is 0.571. The maximum atomic E-state index is 5.34. The van der Waals surface area contributed by atoms with Gasteiger partial charge in [-0.05, 0) is 12.8 Å². The first kappa shape index (κ1) is 6.67. The lowest BCUT2D eigenvalue weighted by Crippen LogP contribution is -2.15. The molecule has 1 heterocycles. The van der Waals surface area contributed by atoms with Gasteiger partial charge in [0.05, 0.1) is 12.7 Å². The zero-order valence-corrected chi connectivity index (χ0v) is 6.21. The highest BCUT2D eigenvalue weighted by atomic mass is 16.4. The van der Waals surface area contributed by atoms with Crippen molar-refractivity contribution < 1.29 is 4.42 Å². The Morgan fingerprint density at radius 2 is 2.55 bits per heavy atom. The third-order valence-electron chi connectivity index (χ3n) is 1.69. The van der Waals surface area contributed by atoms with Gasteiger partial charge in [0.25, 0.3) is 0 Å². The lowest BCUT2D eigenvalue weighted by Gasteiger charge is -1.95. The van der Waals surface area contributed by atoms with Crippen LogP contribution < -0.4 is 11.1 Å². The van der Waals surface area contributed by atoms with Gasteiger partial charge >= 0.3 is 0 Å². The van der Waals surface area contributed by atoms with Crippen LogP contribution in [0.5, 0.6) is 0 Å². The molecule has 3 N–H and O–H groups in total. The molecule has 0 spiro atoms. The van der Waals surface area contributed by atoms with Gasteiger partial charge in [0.1, 0.15) is 0 Å². The highest BCUT2D eigenvalue weighted by molar-refractivity contribution is 5.17. The molecule has 11 heavy (non-hydrogen) atoms. The van der Waals surface area contributed by atoms with Crippen molar-refractivity contribution in [1.29, 1.82) is 0 Å². The van der Waals surface area contributed by atoms with Crippen LogP contribution in [-0.2, 0) is 6.54 Å². The van der Waals surface area contributed by atoms with E-state index in [1.54, 1.807) is 0 Å². The lowest BCUT2D eigenvalue weighted by atomic mass is 10.6. The Hall–Kier alpha value is -1.03. The van der Waals surface area contributed by atoms with E-state index < -0.39 is 0 Å². The predicted molar refractivity (Wildman–Crippen MR) is 40.8 cm³/mol. The molecule has 1 aliphatic rings. The Kier molecular flexibility index (Phi) is 1.54. The zero-order chi connectivity index (χ0) is 7.68. The Bertz CT molecular complexity index is 242. The molecule has 4 heteroatoms. The van der Waals surface area contributed by atoms with E-state index in [1.165, 1.54) is 19.0 Å². The number of nitrogens with one attached hydrogen (secondary N) is 1. The summed E-state index contributed by atoms with van der Waals surface area (Å²) >= 11 is 0. The summed E-state index contributed by atoms with van der Waals surface area (Å²) in [7, 11) is 0. The third-order valence-corrected chi connectivity index (χ3v) is 1.69. The van der Waals surface area contributed by atoms with Crippen molar-refractivity contribution in [1.82, 2.24) is 10.3 Å². The van der Waals surface area contributed by atoms with Crippen LogP contribution in [0.2, 0.25) is 0 Å². The number of oxazole rings is 1. The van der Waals surface area contributed by atoms with Crippen LogP contribution >= 0.6 is 0 Å². The standard InChI is InChI=1S/C7H11N3O/c8-6-3-10-7(11-6)4-9-5-1-2-5/h3,5,9H,1-2,4,8H2. The highest BCUT2D eigenvalue weighted by Crippen LogP contribution is 2.19. The first-order chi connectivity index (χ1) is 5.34. The first-order valence-electron chi connectivity index (χ1n) is 3.78. The fourth-order valence-electron chi connectivity index (χ4n) is 0.925. The fourth-order valence-corrected chi connectivity index (χ4v) is 0.925. The Morgan fingerprint density at radius 1 is 1.73 bits per heavy atom. The van der Waals surface area contributed by atoms with Gasteiger partial charge < -0.3 is 15.5 Å². The Balaban J connectivity index is 1.85. The van der Waals surface area contributed by atoms with Crippen molar-refractivity contribution in [2.45, 2.75) is 25.4 Å². The van der Waals surface area contributed by atoms with Gasteiger partial charge in [-0.2, -0.15) is 0 Å². The molecule has 1 aliphatic carbocycles. The van der Waals surface area contributed by atoms with Crippen molar-refractivity contribution in [3.05, 3.63) is 12.1 Å². The number of nitrogens with zero attached hydrogens (tertiary/aromatic N) is 1. The zero-order valence-electron chi connectivity index (χ0n) is 6.21. The normalized spacial score (nSPS) is 17.1. The van der Waals surface area contributed by atoms with Crippen LogP contribution in [0.4, 0.5) is 5.88 Å². The molecular formula is C7H11N3O. The summed E-state index contributed by atoms with van der Waals surface area (Å²) < 4.78 is 5.07. The largest absolute Gasteiger partial charge is 0.424 e. The van der Waals surface area contributed by atoms with Crippen molar-refractivity contribution in [3.63, 3.8) is 0 Å². The highest BCUT2D eigenvalue weighted by Gasteiger charge is 2.20. The second-order valence-corrected chi connectivity index (χ2v) is 2.81. The maximum Gasteiger partial charge on any atom is 0.211 e. The molecule has 60 valence electrons. The van der Waals surface area contributed by atoms with Crippen molar-refractivity contribution in [2.24, 2.45) is 0 Å². The number of nitrogens with two attached hydrogens (primary N) is 1. The number of nitrogen functional groups attached to an aromatic ring is 1. The summed E-state index contributed by atoms with van der Waals surface area (Å²) in [6.07, 6.45) is 4.08. The van der Waals surface area contributed by atoms with E-state index in [-0.39, 0.29) is 0 Å². The van der Waals surface area contributed by atoms with Crippen molar-refractivity contribution in [2.75, 3.05) is 5.73 Å². The van der Waals surface area contributed by atoms with E-state index >= 15 is 0 Å². The Morgan fingerprint density at radius 3 is 3.09 bits per heavy atom. The minimum Gasteiger partial charge on any atom is -0.424 e. The summed E-state index contributed by atoms with van der Waals surface area (Å²) in [5, 5.41) is 3.27. The number of anilines is 1. The molecule has 1 saturated carbocycles. The Labute approximate surface area is 64.8 Å². The second-order valence-electron chi connectivity index (χ2n) is 2.81. The molecule has 0 amide bonds. The average Bonchev–Trinajstić information content (AvgIpc) is 2.72. The second kappa shape index (κ2) is 2.54. The van der Waals surface area contributed by atoms with Gasteiger partial charge in [0, 0.05) is 6.04 Å². The van der Waals surface area contributed by atoms with Crippen LogP contribution in [0, 0.1) is 0 Å². The summed E-state index contributed by atoms with van der Waals surface area (Å²) in [5.74, 6) is 1.06. The van der Waals surface area contributed by atoms with Gasteiger partial charge in [0.2, 0.25) is 11.8 Å². The molecule has 1 aromatic heterocycles. The topological polar surface area (TPSA) is 64.1 Å². The maximum absolute atomic E-state index is 5.34. The van der Waals surface area contributed by atoms with E-state index in [1.807, 2.05) is 0 Å². The van der Waals surface area contributed by atoms with Gasteiger partial charge in [-0.1, -0.05) is 0 Å². The average molecular weight is 153 g/mol. The summed E-state index contributed by atoms with van der Waals surface area (Å²) in [6.45, 7) is 0.696. The molecule has 0 bridgehead atoms. The third kappa shape index (κ3) is 1.71. The quantitative estimate of drug-likeness (QED) is 0.664. The van der Waals surface area contributed by atoms with E-state index in [9.17, 15) is 0 Å². The van der Waals surface area contributed by atoms with Crippen molar-refractivity contribution >= 4 is 5.88 Å². The molecule has 0 aliphatic heterocycles. The molecule has 1 aromatic rings. The minimum absolute atomic E-state index is 0.387. The van der Waals surface area contributed by atoms with E-state index in [4.69, 9.17) is 10.2 Å². The van der Waals surface area contributed by atoms with Crippen LogP contribution in [-0.4, -0.2) is 11.0 Å². The number of hydrogen-bond donors (Lipinski definition) is 2. The SMILES string of the molecule is Nc1cnc(CNC2CC2)o1. The monoisotopic (exact) mass is 153 g/mol. The summed E-state index contributed by atoms with van der Waals surface area (Å²) in [5.41, 5.74) is 5.34. The van der Waals surface area contributed by atoms with Crippen LogP contribution in [0.15, 0.2) is 10.6 Å². The minimum atomic E-state index is 0.387. The van der Waals surface area contributed by atoms with Crippen molar-refractivity contribution in [3.8, 4) is 0 Å². The molecule has 0 unspecified atom stereocenters. The van der Waals surface area contributed by atoms with Gasteiger partial charge in [-0.15, -0.1) is 0 Å². The molecule has 0 saturated heterocycles. The molecule has 4 nitrogen and oxygen atoms in total. The van der Waals surface area contributed by atoms with Gasteiger partial charge in [0.15, 0.2) is 0 Å². The lowest BCUT2D eigenvalue weighted by molar-refractivity contribution is 0.480. The van der Waals surface area contributed by atoms with E-state index in [0.29, 0.717) is 24.4 Å².